The lowest BCUT2D eigenvalue weighted by Crippen LogP contribution is -1.93. The topological polar surface area (TPSA) is 24.7 Å². The predicted octanol–water partition coefficient (Wildman–Crippen LogP) is 3.66. The predicted molar refractivity (Wildman–Crippen MR) is 60.5 cm³/mol. The van der Waals surface area contributed by atoms with Crippen LogP contribution in [-0.4, -0.2) is 12.1 Å². The normalized spacial score (nSPS) is 13.7. The molecule has 0 aromatic heterocycles. The van der Waals surface area contributed by atoms with Crippen LogP contribution < -0.4 is 0 Å². The molecule has 0 spiro atoms. The summed E-state index contributed by atoms with van der Waals surface area (Å²) < 4.78 is 13.1. The van der Waals surface area contributed by atoms with Gasteiger partial charge in [0.1, 0.15) is 11.7 Å². The van der Waals surface area contributed by atoms with Gasteiger partial charge in [-0.2, -0.15) is 0 Å². The zero-order chi connectivity index (χ0) is 11.0. The summed E-state index contributed by atoms with van der Waals surface area (Å²) in [4.78, 5) is 7.98. The van der Waals surface area contributed by atoms with Gasteiger partial charge < -0.3 is 0 Å². The molecule has 0 amide bonds. The number of amidine groups is 1. The molecule has 0 aliphatic rings. The Morgan fingerprint density at radius 1 is 1.43 bits per heavy atom. The Bertz CT molecular complexity index is 275. The molecule has 0 bridgehead atoms. The monoisotopic (exact) mass is 196 g/mol. The van der Waals surface area contributed by atoms with E-state index in [0.29, 0.717) is 18.7 Å². The van der Waals surface area contributed by atoms with Crippen molar-refractivity contribution in [3.05, 3.63) is 24.2 Å². The van der Waals surface area contributed by atoms with E-state index in [-0.39, 0.29) is 11.5 Å². The SMILES string of the molecule is C=C(/N=C(CC)\N=C/C)/C(F)=C\CC. The molecule has 0 fully saturated rings. The molecule has 0 saturated heterocycles. The van der Waals surface area contributed by atoms with E-state index >= 15 is 0 Å². The van der Waals surface area contributed by atoms with Gasteiger partial charge in [0.25, 0.3) is 0 Å². The molecule has 0 aromatic carbocycles. The number of hydrogen-bond acceptors (Lipinski definition) is 1. The van der Waals surface area contributed by atoms with Crippen LogP contribution in [0.4, 0.5) is 4.39 Å². The molecule has 78 valence electrons. The first-order valence-corrected chi connectivity index (χ1v) is 4.76. The van der Waals surface area contributed by atoms with E-state index in [1.54, 1.807) is 13.1 Å². The molecule has 0 saturated carbocycles. The molecule has 0 aliphatic heterocycles. The largest absolute Gasteiger partial charge is 0.246 e. The highest BCUT2D eigenvalue weighted by Crippen LogP contribution is 2.12. The summed E-state index contributed by atoms with van der Waals surface area (Å²) in [6.07, 6.45) is 4.40. The standard InChI is InChI=1S/C11H17FN2/c1-5-8-10(12)9(4)14-11(6-2)13-7-3/h7-8H,4-6H2,1-3H3/b10-8+,13-7-,14-11-. The minimum atomic E-state index is -0.371. The number of allylic oxidation sites excluding steroid dienone is 2. The Morgan fingerprint density at radius 2 is 2.07 bits per heavy atom. The Morgan fingerprint density at radius 3 is 2.50 bits per heavy atom. The van der Waals surface area contributed by atoms with Crippen molar-refractivity contribution in [3.8, 4) is 0 Å². The number of nitrogens with zero attached hydrogens (tertiary/aromatic N) is 2. The van der Waals surface area contributed by atoms with E-state index in [0.717, 1.165) is 0 Å². The van der Waals surface area contributed by atoms with Gasteiger partial charge in [0.15, 0.2) is 0 Å². The number of rotatable bonds is 4. The van der Waals surface area contributed by atoms with E-state index in [1.165, 1.54) is 6.08 Å². The Hall–Kier alpha value is -1.25. The molecule has 0 atom stereocenters. The molecule has 2 nitrogen and oxygen atoms in total. The van der Waals surface area contributed by atoms with Crippen molar-refractivity contribution in [2.24, 2.45) is 9.98 Å². The highest BCUT2D eigenvalue weighted by molar-refractivity contribution is 5.89. The maximum atomic E-state index is 13.1. The quantitative estimate of drug-likeness (QED) is 0.372. The molecule has 3 heteroatoms. The average molecular weight is 196 g/mol. The first kappa shape index (κ1) is 12.8. The molecule has 0 heterocycles. The van der Waals surface area contributed by atoms with Crippen LogP contribution in [0.15, 0.2) is 34.2 Å². The average Bonchev–Trinajstić information content (AvgIpc) is 2.17. The van der Waals surface area contributed by atoms with Crippen molar-refractivity contribution < 1.29 is 4.39 Å². The van der Waals surface area contributed by atoms with Gasteiger partial charge in [-0.05, 0) is 19.4 Å². The van der Waals surface area contributed by atoms with E-state index in [1.807, 2.05) is 13.8 Å². The second-order valence-corrected chi connectivity index (χ2v) is 2.68. The second kappa shape index (κ2) is 7.18. The van der Waals surface area contributed by atoms with Gasteiger partial charge in [0, 0.05) is 12.6 Å². The summed E-state index contributed by atoms with van der Waals surface area (Å²) in [5.74, 6) is 0.224. The van der Waals surface area contributed by atoms with E-state index in [4.69, 9.17) is 0 Å². The van der Waals surface area contributed by atoms with Crippen LogP contribution in [0.25, 0.3) is 0 Å². The first-order valence-electron chi connectivity index (χ1n) is 4.76. The lowest BCUT2D eigenvalue weighted by atomic mass is 10.3. The van der Waals surface area contributed by atoms with Crippen LogP contribution in [-0.2, 0) is 0 Å². The minimum Gasteiger partial charge on any atom is -0.246 e. The zero-order valence-electron chi connectivity index (χ0n) is 9.05. The zero-order valence-corrected chi connectivity index (χ0v) is 9.05. The van der Waals surface area contributed by atoms with E-state index in [9.17, 15) is 4.39 Å². The summed E-state index contributed by atoms with van der Waals surface area (Å²) in [6.45, 7) is 9.12. The van der Waals surface area contributed by atoms with Crippen LogP contribution in [0, 0.1) is 0 Å². The van der Waals surface area contributed by atoms with Gasteiger partial charge in [-0.3, -0.25) is 0 Å². The third-order valence-electron chi connectivity index (χ3n) is 1.52. The Balaban J connectivity index is 4.62. The minimum absolute atomic E-state index is 0.147. The van der Waals surface area contributed by atoms with Gasteiger partial charge >= 0.3 is 0 Å². The molecule has 0 aliphatic carbocycles. The van der Waals surface area contributed by atoms with Crippen molar-refractivity contribution in [1.29, 1.82) is 0 Å². The Kier molecular flexibility index (Phi) is 6.54. The Labute approximate surface area is 85.0 Å². The van der Waals surface area contributed by atoms with Gasteiger partial charge in [0.05, 0.1) is 5.70 Å². The lowest BCUT2D eigenvalue weighted by molar-refractivity contribution is 0.644. The number of aliphatic imine (C=N–C) groups is 2. The summed E-state index contributed by atoms with van der Waals surface area (Å²) in [5.41, 5.74) is 0.147. The van der Waals surface area contributed by atoms with Crippen molar-refractivity contribution in [1.82, 2.24) is 0 Å². The maximum absolute atomic E-state index is 13.1. The van der Waals surface area contributed by atoms with E-state index < -0.39 is 0 Å². The molecular formula is C11H17FN2. The summed E-state index contributed by atoms with van der Waals surface area (Å²) in [5, 5.41) is 0. The number of halogens is 1. The fourth-order valence-electron chi connectivity index (χ4n) is 0.854. The number of hydrogen-bond donors (Lipinski definition) is 0. The molecular weight excluding hydrogens is 179 g/mol. The second-order valence-electron chi connectivity index (χ2n) is 2.68. The van der Waals surface area contributed by atoms with Crippen LogP contribution in [0.2, 0.25) is 0 Å². The smallest absolute Gasteiger partial charge is 0.144 e. The highest BCUT2D eigenvalue weighted by Gasteiger charge is 2.00. The van der Waals surface area contributed by atoms with Crippen molar-refractivity contribution in [2.45, 2.75) is 33.6 Å². The molecule has 0 rings (SSSR count). The van der Waals surface area contributed by atoms with Crippen molar-refractivity contribution >= 4 is 12.1 Å². The maximum Gasteiger partial charge on any atom is 0.144 e. The van der Waals surface area contributed by atoms with Gasteiger partial charge in [-0.25, -0.2) is 14.4 Å². The molecule has 0 unspecified atom stereocenters. The van der Waals surface area contributed by atoms with Crippen LogP contribution in [0.5, 0.6) is 0 Å². The third kappa shape index (κ3) is 4.70. The fraction of sp³-hybridized carbons (Fsp3) is 0.455. The van der Waals surface area contributed by atoms with E-state index in [2.05, 4.69) is 16.6 Å². The van der Waals surface area contributed by atoms with Gasteiger partial charge in [-0.15, -0.1) is 0 Å². The summed E-state index contributed by atoms with van der Waals surface area (Å²) in [7, 11) is 0. The van der Waals surface area contributed by atoms with Crippen LogP contribution in [0.3, 0.4) is 0 Å². The molecule has 0 radical (unpaired) electrons. The van der Waals surface area contributed by atoms with Gasteiger partial charge in [-0.1, -0.05) is 20.4 Å². The lowest BCUT2D eigenvalue weighted by Gasteiger charge is -1.98. The summed E-state index contributed by atoms with van der Waals surface area (Å²) in [6, 6.07) is 0. The van der Waals surface area contributed by atoms with Gasteiger partial charge in [0.2, 0.25) is 0 Å². The first-order chi connectivity index (χ1) is 6.65. The van der Waals surface area contributed by atoms with Crippen LogP contribution >= 0.6 is 0 Å². The summed E-state index contributed by atoms with van der Waals surface area (Å²) >= 11 is 0. The third-order valence-corrected chi connectivity index (χ3v) is 1.52. The van der Waals surface area contributed by atoms with Crippen molar-refractivity contribution in [2.75, 3.05) is 0 Å². The molecule has 0 N–H and O–H groups in total. The van der Waals surface area contributed by atoms with Crippen LogP contribution in [0.1, 0.15) is 33.6 Å². The highest BCUT2D eigenvalue weighted by atomic mass is 19.1. The molecule has 0 aromatic rings. The fourth-order valence-corrected chi connectivity index (χ4v) is 0.854. The molecule has 14 heavy (non-hydrogen) atoms. The van der Waals surface area contributed by atoms with Crippen molar-refractivity contribution in [3.63, 3.8) is 0 Å².